The molecule has 0 saturated heterocycles. The predicted molar refractivity (Wildman–Crippen MR) is 57.4 cm³/mol. The monoisotopic (exact) mass is 260 g/mol. The van der Waals surface area contributed by atoms with Crippen LogP contribution in [0.25, 0.3) is 0 Å². The summed E-state index contributed by atoms with van der Waals surface area (Å²) >= 11 is 0. The van der Waals surface area contributed by atoms with Crippen molar-refractivity contribution in [2.24, 2.45) is 0 Å². The summed E-state index contributed by atoms with van der Waals surface area (Å²) in [4.78, 5) is 21.9. The Kier molecular flexibility index (Phi) is 4.47. The average molecular weight is 260 g/mol. The minimum atomic E-state index is -4.95. The van der Waals surface area contributed by atoms with Crippen molar-refractivity contribution >= 4 is 11.6 Å². The van der Waals surface area contributed by atoms with Crippen LogP contribution in [0.3, 0.4) is 0 Å². The number of benzene rings is 1. The summed E-state index contributed by atoms with van der Waals surface area (Å²) in [5, 5.41) is 0. The number of Topliss-reactive ketones (excluding diaryl/α,β-unsaturated/α-hetero) is 2. The zero-order valence-electron chi connectivity index (χ0n) is 9.58. The van der Waals surface area contributed by atoms with E-state index in [1.165, 1.54) is 7.11 Å². The molecule has 0 atom stereocenters. The summed E-state index contributed by atoms with van der Waals surface area (Å²) < 4.78 is 40.7. The molecule has 0 radical (unpaired) electrons. The van der Waals surface area contributed by atoms with Crippen molar-refractivity contribution in [1.29, 1.82) is 0 Å². The van der Waals surface area contributed by atoms with E-state index in [0.717, 1.165) is 0 Å². The van der Waals surface area contributed by atoms with Gasteiger partial charge in [-0.2, -0.15) is 13.2 Å². The largest absolute Gasteiger partial charge is 0.497 e. The van der Waals surface area contributed by atoms with Gasteiger partial charge in [0.2, 0.25) is 5.78 Å². The molecule has 18 heavy (non-hydrogen) atoms. The Balaban J connectivity index is 2.57. The third-order valence-electron chi connectivity index (χ3n) is 2.23. The van der Waals surface area contributed by atoms with Crippen LogP contribution >= 0.6 is 0 Å². The maximum atomic E-state index is 11.9. The molecule has 0 aliphatic carbocycles. The molecule has 0 bridgehead atoms. The van der Waals surface area contributed by atoms with E-state index in [1.807, 2.05) is 0 Å². The van der Waals surface area contributed by atoms with Gasteiger partial charge in [-0.15, -0.1) is 0 Å². The summed E-state index contributed by atoms with van der Waals surface area (Å²) in [6.07, 6.45) is -6.27. The lowest BCUT2D eigenvalue weighted by atomic mass is 10.1. The van der Waals surface area contributed by atoms with Gasteiger partial charge < -0.3 is 4.74 Å². The fourth-order valence-corrected chi connectivity index (χ4v) is 1.31. The van der Waals surface area contributed by atoms with Gasteiger partial charge in [0.1, 0.15) is 11.5 Å². The van der Waals surface area contributed by atoms with Crippen LogP contribution < -0.4 is 4.74 Å². The van der Waals surface area contributed by atoms with E-state index in [2.05, 4.69) is 0 Å². The first-order chi connectivity index (χ1) is 8.32. The molecule has 1 aromatic carbocycles. The first-order valence-electron chi connectivity index (χ1n) is 5.07. The van der Waals surface area contributed by atoms with E-state index in [-0.39, 0.29) is 6.42 Å². The molecule has 0 aromatic heterocycles. The maximum Gasteiger partial charge on any atom is 0.450 e. The number of carbonyl (C=O) groups excluding carboxylic acids is 2. The quantitative estimate of drug-likeness (QED) is 0.763. The number of hydrogen-bond acceptors (Lipinski definition) is 3. The average Bonchev–Trinajstić information content (AvgIpc) is 2.28. The number of halogens is 3. The zero-order chi connectivity index (χ0) is 13.8. The third-order valence-corrected chi connectivity index (χ3v) is 2.23. The second kappa shape index (κ2) is 5.66. The van der Waals surface area contributed by atoms with E-state index in [0.29, 0.717) is 11.3 Å². The Morgan fingerprint density at radius 3 is 2.17 bits per heavy atom. The molecule has 6 heteroatoms. The van der Waals surface area contributed by atoms with Crippen molar-refractivity contribution in [1.82, 2.24) is 0 Å². The molecule has 0 aliphatic heterocycles. The van der Waals surface area contributed by atoms with E-state index in [4.69, 9.17) is 4.74 Å². The molecule has 1 aromatic rings. The Morgan fingerprint density at radius 1 is 1.17 bits per heavy atom. The molecule has 0 amide bonds. The molecule has 0 unspecified atom stereocenters. The first-order valence-corrected chi connectivity index (χ1v) is 5.07. The van der Waals surface area contributed by atoms with Crippen molar-refractivity contribution in [3.63, 3.8) is 0 Å². The van der Waals surface area contributed by atoms with Crippen LogP contribution in [0.1, 0.15) is 12.0 Å². The van der Waals surface area contributed by atoms with Crippen molar-refractivity contribution in [3.8, 4) is 5.75 Å². The van der Waals surface area contributed by atoms with Gasteiger partial charge >= 0.3 is 6.18 Å². The highest BCUT2D eigenvalue weighted by molar-refractivity contribution is 6.02. The van der Waals surface area contributed by atoms with Gasteiger partial charge in [0.15, 0.2) is 0 Å². The van der Waals surface area contributed by atoms with Crippen molar-refractivity contribution < 1.29 is 27.5 Å². The molecule has 1 rings (SSSR count). The van der Waals surface area contributed by atoms with Gasteiger partial charge in [-0.1, -0.05) is 12.1 Å². The molecule has 0 N–H and O–H groups in total. The summed E-state index contributed by atoms with van der Waals surface area (Å²) in [6.45, 7) is 0. The highest BCUT2D eigenvalue weighted by Gasteiger charge is 2.38. The lowest BCUT2D eigenvalue weighted by molar-refractivity contribution is -0.171. The number of carbonyl (C=O) groups is 2. The molecule has 0 spiro atoms. The van der Waals surface area contributed by atoms with Gasteiger partial charge in [0, 0.05) is 6.42 Å². The molecule has 0 aliphatic rings. The van der Waals surface area contributed by atoms with E-state index < -0.39 is 24.2 Å². The van der Waals surface area contributed by atoms with Crippen LogP contribution in [0, 0.1) is 0 Å². The minimum absolute atomic E-state index is 0.203. The van der Waals surface area contributed by atoms with Crippen molar-refractivity contribution in [2.45, 2.75) is 19.0 Å². The summed E-state index contributed by atoms with van der Waals surface area (Å²) in [5.74, 6) is -2.19. The van der Waals surface area contributed by atoms with Crippen LogP contribution in [0.2, 0.25) is 0 Å². The van der Waals surface area contributed by atoms with Gasteiger partial charge in [0.25, 0.3) is 0 Å². The van der Waals surface area contributed by atoms with E-state index >= 15 is 0 Å². The fraction of sp³-hybridized carbons (Fsp3) is 0.333. The Bertz CT molecular complexity index is 435. The third kappa shape index (κ3) is 4.20. The lowest BCUT2D eigenvalue weighted by Crippen LogP contribution is -2.25. The number of ketones is 2. The van der Waals surface area contributed by atoms with Crippen LogP contribution in [0.5, 0.6) is 5.75 Å². The standard InChI is InChI=1S/C12H11F3O3/c1-18-10-4-2-8(3-5-10)6-9(16)7-11(17)12(13,14)15/h2-5H,6-7H2,1H3. The van der Waals surface area contributed by atoms with Gasteiger partial charge in [-0.05, 0) is 17.7 Å². The number of methoxy groups -OCH3 is 1. The molecule has 98 valence electrons. The van der Waals surface area contributed by atoms with Crippen molar-refractivity contribution in [3.05, 3.63) is 29.8 Å². The molecule has 0 saturated carbocycles. The SMILES string of the molecule is COc1ccc(CC(=O)CC(=O)C(F)(F)F)cc1. The lowest BCUT2D eigenvalue weighted by Gasteiger charge is -2.05. The van der Waals surface area contributed by atoms with Gasteiger partial charge in [-0.25, -0.2) is 0 Å². The normalized spacial score (nSPS) is 11.1. The van der Waals surface area contributed by atoms with E-state index in [1.54, 1.807) is 24.3 Å². The highest BCUT2D eigenvalue weighted by Crippen LogP contribution is 2.19. The first kappa shape index (κ1) is 14.2. The number of alkyl halides is 3. The van der Waals surface area contributed by atoms with E-state index in [9.17, 15) is 22.8 Å². The van der Waals surface area contributed by atoms with Crippen LogP contribution in [-0.2, 0) is 16.0 Å². The number of ether oxygens (including phenoxy) is 1. The highest BCUT2D eigenvalue weighted by atomic mass is 19.4. The zero-order valence-corrected chi connectivity index (χ0v) is 9.58. The van der Waals surface area contributed by atoms with Gasteiger partial charge in [-0.3, -0.25) is 9.59 Å². The second-order valence-corrected chi connectivity index (χ2v) is 3.66. The Morgan fingerprint density at radius 2 is 1.72 bits per heavy atom. The van der Waals surface area contributed by atoms with Crippen molar-refractivity contribution in [2.75, 3.05) is 7.11 Å². The van der Waals surface area contributed by atoms with Gasteiger partial charge in [0.05, 0.1) is 13.5 Å². The van der Waals surface area contributed by atoms with Crippen LogP contribution in [-0.4, -0.2) is 24.9 Å². The van der Waals surface area contributed by atoms with Crippen LogP contribution in [0.4, 0.5) is 13.2 Å². The summed E-state index contributed by atoms with van der Waals surface area (Å²) in [5.41, 5.74) is 0.538. The minimum Gasteiger partial charge on any atom is -0.497 e. The number of hydrogen-bond donors (Lipinski definition) is 0. The topological polar surface area (TPSA) is 43.4 Å². The molecule has 0 heterocycles. The molecule has 0 fully saturated rings. The summed E-state index contributed by atoms with van der Waals surface area (Å²) in [6, 6.07) is 6.31. The Hall–Kier alpha value is -1.85. The number of rotatable bonds is 5. The smallest absolute Gasteiger partial charge is 0.450 e. The molecular weight excluding hydrogens is 249 g/mol. The predicted octanol–water partition coefficient (Wildman–Crippen LogP) is 2.33. The second-order valence-electron chi connectivity index (χ2n) is 3.66. The fourth-order valence-electron chi connectivity index (χ4n) is 1.31. The summed E-state index contributed by atoms with van der Waals surface area (Å²) in [7, 11) is 1.47. The molecular formula is C12H11F3O3. The molecule has 3 nitrogen and oxygen atoms in total. The Labute approximate surface area is 102 Å². The van der Waals surface area contributed by atoms with Crippen LogP contribution in [0.15, 0.2) is 24.3 Å². The maximum absolute atomic E-state index is 11.9.